The van der Waals surface area contributed by atoms with Gasteiger partial charge in [0.1, 0.15) is 6.10 Å². The highest BCUT2D eigenvalue weighted by atomic mass is 16.7. The lowest BCUT2D eigenvalue weighted by atomic mass is 9.50. The van der Waals surface area contributed by atoms with Crippen LogP contribution in [0.3, 0.4) is 0 Å². The smallest absolute Gasteiger partial charge is 0.252 e. The molecule has 0 radical (unpaired) electrons. The Bertz CT molecular complexity index is 799. The first-order chi connectivity index (χ1) is 14.1. The number of nitrogens with zero attached hydrogens (tertiary/aromatic N) is 1. The zero-order valence-electron chi connectivity index (χ0n) is 17.5. The molecule has 2 saturated heterocycles. The van der Waals surface area contributed by atoms with Gasteiger partial charge in [0.25, 0.3) is 5.79 Å². The van der Waals surface area contributed by atoms with Crippen molar-refractivity contribution in [3.63, 3.8) is 0 Å². The average molecular weight is 400 g/mol. The van der Waals surface area contributed by atoms with Crippen LogP contribution >= 0.6 is 0 Å². The van der Waals surface area contributed by atoms with Crippen LogP contribution in [0.1, 0.15) is 64.7 Å². The maximum atomic E-state index is 13.1. The van der Waals surface area contributed by atoms with E-state index < -0.39 is 11.9 Å². The van der Waals surface area contributed by atoms with Gasteiger partial charge >= 0.3 is 0 Å². The van der Waals surface area contributed by atoms with E-state index in [1.807, 2.05) is 6.08 Å². The third kappa shape index (κ3) is 2.41. The zero-order chi connectivity index (χ0) is 19.8. The van der Waals surface area contributed by atoms with E-state index >= 15 is 0 Å². The van der Waals surface area contributed by atoms with E-state index in [4.69, 9.17) is 9.47 Å². The van der Waals surface area contributed by atoms with Gasteiger partial charge in [0.15, 0.2) is 11.5 Å². The molecule has 6 rings (SSSR count). The fourth-order valence-electron chi connectivity index (χ4n) is 7.23. The molecule has 0 aromatic rings. The van der Waals surface area contributed by atoms with Crippen LogP contribution in [-0.2, 0) is 14.3 Å². The minimum atomic E-state index is -1.20. The number of ketones is 1. The standard InChI is InChI=1S/C24H33NO4/c1-2-3-12-28-24-20(27)9-6-16-13-18-17-7-8-19(26)22(29-24)23(17,21(16)24)10-11-25(18)14-15-4-5-15/h9,15,17-18,22,27H,2-8,10-14H2,1H3/t17-,18+,22-,23-,24?/m0/s1. The molecule has 2 saturated carbocycles. The number of Topliss-reactive ketones (excluding diaryl/α,β-unsaturated/α-hetero) is 1. The van der Waals surface area contributed by atoms with Gasteiger partial charge in [-0.05, 0) is 69.4 Å². The number of hydrogen-bond acceptors (Lipinski definition) is 5. The summed E-state index contributed by atoms with van der Waals surface area (Å²) >= 11 is 0. The molecule has 4 aliphatic carbocycles. The first kappa shape index (κ1) is 18.6. The number of aliphatic hydroxyl groups excluding tert-OH is 1. The van der Waals surface area contributed by atoms with Gasteiger partial charge in [-0.2, -0.15) is 0 Å². The number of unbranched alkanes of at least 4 members (excludes halogenated alkanes) is 1. The Kier molecular flexibility index (Phi) is 4.11. The number of carbonyl (C=O) groups is 1. The van der Waals surface area contributed by atoms with Gasteiger partial charge in [-0.3, -0.25) is 9.69 Å². The fraction of sp³-hybridized carbons (Fsp3) is 0.792. The first-order valence-electron chi connectivity index (χ1n) is 11.8. The first-order valence-corrected chi connectivity index (χ1v) is 11.8. The molecule has 5 nitrogen and oxygen atoms in total. The molecule has 1 unspecified atom stereocenters. The topological polar surface area (TPSA) is 59.0 Å². The summed E-state index contributed by atoms with van der Waals surface area (Å²) in [5.41, 5.74) is 2.27. The van der Waals surface area contributed by atoms with E-state index in [-0.39, 0.29) is 17.0 Å². The minimum absolute atomic E-state index is 0.182. The van der Waals surface area contributed by atoms with Gasteiger partial charge in [-0.15, -0.1) is 0 Å². The third-order valence-corrected chi connectivity index (χ3v) is 8.63. The molecule has 1 N–H and O–H groups in total. The molecule has 4 fully saturated rings. The molecular weight excluding hydrogens is 366 g/mol. The molecule has 158 valence electrons. The molecule has 6 aliphatic rings. The summed E-state index contributed by atoms with van der Waals surface area (Å²) < 4.78 is 12.9. The van der Waals surface area contributed by atoms with Crippen molar-refractivity contribution in [3.8, 4) is 0 Å². The number of ether oxygens (including phenoxy) is 2. The van der Waals surface area contributed by atoms with Crippen LogP contribution in [0.2, 0.25) is 0 Å². The van der Waals surface area contributed by atoms with Crippen molar-refractivity contribution in [2.45, 2.75) is 82.6 Å². The average Bonchev–Trinajstić information content (AvgIpc) is 3.47. The van der Waals surface area contributed by atoms with E-state index in [0.717, 1.165) is 56.6 Å². The quantitative estimate of drug-likeness (QED) is 0.542. The Balaban J connectivity index is 1.46. The fourth-order valence-corrected chi connectivity index (χ4v) is 7.23. The van der Waals surface area contributed by atoms with Crippen LogP contribution in [0.15, 0.2) is 23.0 Å². The number of allylic oxidation sites excluding steroid dienone is 1. The maximum absolute atomic E-state index is 13.1. The van der Waals surface area contributed by atoms with Crippen LogP contribution in [-0.4, -0.2) is 53.4 Å². The minimum Gasteiger partial charge on any atom is -0.507 e. The molecule has 0 aromatic heterocycles. The Morgan fingerprint density at radius 1 is 1.34 bits per heavy atom. The van der Waals surface area contributed by atoms with Crippen LogP contribution < -0.4 is 0 Å². The Hall–Kier alpha value is -1.17. The molecule has 2 bridgehead atoms. The second kappa shape index (κ2) is 6.41. The Labute approximate surface area is 173 Å². The summed E-state index contributed by atoms with van der Waals surface area (Å²) in [5, 5.41) is 11.0. The second-order valence-electron chi connectivity index (χ2n) is 10.2. The Morgan fingerprint density at radius 2 is 2.21 bits per heavy atom. The van der Waals surface area contributed by atoms with Crippen molar-refractivity contribution in [1.29, 1.82) is 0 Å². The largest absolute Gasteiger partial charge is 0.507 e. The van der Waals surface area contributed by atoms with Gasteiger partial charge < -0.3 is 14.6 Å². The van der Waals surface area contributed by atoms with Crippen molar-refractivity contribution in [2.75, 3.05) is 19.7 Å². The summed E-state index contributed by atoms with van der Waals surface area (Å²) in [6, 6.07) is 0.516. The van der Waals surface area contributed by atoms with Gasteiger partial charge in [-0.25, -0.2) is 0 Å². The molecule has 1 spiro atoms. The van der Waals surface area contributed by atoms with Gasteiger partial charge in [-0.1, -0.05) is 18.9 Å². The van der Waals surface area contributed by atoms with Crippen molar-refractivity contribution in [1.82, 2.24) is 4.90 Å². The lowest BCUT2D eigenvalue weighted by Gasteiger charge is -2.59. The van der Waals surface area contributed by atoms with Gasteiger partial charge in [0, 0.05) is 30.0 Å². The summed E-state index contributed by atoms with van der Waals surface area (Å²) in [4.78, 5) is 15.9. The van der Waals surface area contributed by atoms with Crippen molar-refractivity contribution >= 4 is 5.78 Å². The molecule has 29 heavy (non-hydrogen) atoms. The summed E-state index contributed by atoms with van der Waals surface area (Å²) in [6.45, 7) is 4.94. The highest BCUT2D eigenvalue weighted by molar-refractivity contribution is 5.87. The molecule has 0 amide bonds. The number of aliphatic hydroxyl groups is 1. The van der Waals surface area contributed by atoms with Crippen molar-refractivity contribution in [2.24, 2.45) is 17.3 Å². The summed E-state index contributed by atoms with van der Waals surface area (Å²) in [6.07, 6.45) is 10.5. The lowest BCUT2D eigenvalue weighted by Crippen LogP contribution is -2.63. The van der Waals surface area contributed by atoms with Gasteiger partial charge in [0.2, 0.25) is 0 Å². The normalized spacial score (nSPS) is 43.4. The third-order valence-electron chi connectivity index (χ3n) is 8.63. The van der Waals surface area contributed by atoms with Crippen LogP contribution in [0.25, 0.3) is 0 Å². The number of piperidine rings is 1. The van der Waals surface area contributed by atoms with Crippen LogP contribution in [0, 0.1) is 17.3 Å². The molecule has 0 aromatic carbocycles. The van der Waals surface area contributed by atoms with E-state index in [1.54, 1.807) is 0 Å². The number of hydrogen-bond donors (Lipinski definition) is 1. The predicted octanol–water partition coefficient (Wildman–Crippen LogP) is 3.89. The molecular formula is C24H33NO4. The number of likely N-dealkylation sites (tertiary alicyclic amines) is 1. The molecule has 2 heterocycles. The van der Waals surface area contributed by atoms with E-state index in [9.17, 15) is 9.90 Å². The summed E-state index contributed by atoms with van der Waals surface area (Å²) in [5.74, 6) is 0.521. The summed E-state index contributed by atoms with van der Waals surface area (Å²) in [7, 11) is 0. The second-order valence-corrected chi connectivity index (χ2v) is 10.2. The van der Waals surface area contributed by atoms with Gasteiger partial charge in [0.05, 0.1) is 6.61 Å². The number of carbonyl (C=O) groups excluding carboxylic acids is 1. The zero-order valence-corrected chi connectivity index (χ0v) is 17.5. The lowest BCUT2D eigenvalue weighted by molar-refractivity contribution is -0.209. The molecule has 5 atom stereocenters. The highest BCUT2D eigenvalue weighted by Crippen LogP contribution is 2.68. The van der Waals surface area contributed by atoms with E-state index in [0.29, 0.717) is 25.0 Å². The van der Waals surface area contributed by atoms with Crippen molar-refractivity contribution < 1.29 is 19.4 Å². The monoisotopic (exact) mass is 399 g/mol. The predicted molar refractivity (Wildman–Crippen MR) is 108 cm³/mol. The SMILES string of the molecule is CCCCOC12O[C@H]3C(=O)CC[C@H]4[C@H]5CC(=C1[C@@]34CCN5CC1CC1)CC=C2O. The van der Waals surface area contributed by atoms with Crippen molar-refractivity contribution in [3.05, 3.63) is 23.0 Å². The molecule has 5 heteroatoms. The van der Waals surface area contributed by atoms with E-state index in [2.05, 4.69) is 11.8 Å². The van der Waals surface area contributed by atoms with Crippen LogP contribution in [0.5, 0.6) is 0 Å². The van der Waals surface area contributed by atoms with E-state index in [1.165, 1.54) is 25.0 Å². The molecule has 2 aliphatic heterocycles. The van der Waals surface area contributed by atoms with Crippen LogP contribution in [0.4, 0.5) is 0 Å². The maximum Gasteiger partial charge on any atom is 0.252 e. The Morgan fingerprint density at radius 3 is 3.00 bits per heavy atom. The number of rotatable bonds is 6. The highest BCUT2D eigenvalue weighted by Gasteiger charge is 2.73.